The van der Waals surface area contributed by atoms with Crippen LogP contribution >= 0.6 is 0 Å². The van der Waals surface area contributed by atoms with Crippen molar-refractivity contribution in [1.29, 1.82) is 0 Å². The van der Waals surface area contributed by atoms with Gasteiger partial charge in [-0.15, -0.1) is 0 Å². The Morgan fingerprint density at radius 3 is 2.79 bits per heavy atom. The number of fused-ring (bicyclic) bond motifs is 1. The second-order valence-electron chi connectivity index (χ2n) is 7.37. The summed E-state index contributed by atoms with van der Waals surface area (Å²) in [5.41, 5.74) is 3.49. The fraction of sp³-hybridized carbons (Fsp3) is 0.304. The molecule has 1 atom stereocenters. The molecule has 150 valence electrons. The number of hydrogen-bond acceptors (Lipinski definition) is 4. The molecule has 1 aromatic heterocycles. The summed E-state index contributed by atoms with van der Waals surface area (Å²) >= 11 is 0. The van der Waals surface area contributed by atoms with Crippen molar-refractivity contribution in [3.63, 3.8) is 0 Å². The molecule has 1 N–H and O–H groups in total. The fourth-order valence-electron chi connectivity index (χ4n) is 3.85. The van der Waals surface area contributed by atoms with E-state index in [0.717, 1.165) is 36.5 Å². The summed E-state index contributed by atoms with van der Waals surface area (Å²) in [6.45, 7) is 2.77. The molecular weight excluding hydrogens is 366 g/mol. The first kappa shape index (κ1) is 19.1. The molecule has 0 bridgehead atoms. The Kier molecular flexibility index (Phi) is 5.79. The van der Waals surface area contributed by atoms with E-state index in [4.69, 9.17) is 9.84 Å². The van der Waals surface area contributed by atoms with E-state index < -0.39 is 5.97 Å². The van der Waals surface area contributed by atoms with Gasteiger partial charge in [-0.1, -0.05) is 30.3 Å². The van der Waals surface area contributed by atoms with Gasteiger partial charge in [0.25, 0.3) is 0 Å². The van der Waals surface area contributed by atoms with E-state index in [1.165, 1.54) is 5.56 Å². The number of hydrogen-bond donors (Lipinski definition) is 1. The number of ether oxygens (including phenoxy) is 1. The highest BCUT2D eigenvalue weighted by molar-refractivity contribution is 5.69. The van der Waals surface area contributed by atoms with Crippen molar-refractivity contribution in [3.8, 4) is 5.75 Å². The van der Waals surface area contributed by atoms with Crippen LogP contribution in [0.5, 0.6) is 5.75 Å². The number of aliphatic carboxylic acids is 1. The lowest BCUT2D eigenvalue weighted by molar-refractivity contribution is -0.136. The molecule has 2 aromatic carbocycles. The SMILES string of the molecule is O=C(O)CCN1CC(CCn2ccnc2)c2cc(OCc3ccccc3)ccc21. The van der Waals surface area contributed by atoms with Gasteiger partial charge >= 0.3 is 5.97 Å². The molecular formula is C23H25N3O3. The molecule has 1 unspecified atom stereocenters. The maximum absolute atomic E-state index is 11.0. The third kappa shape index (κ3) is 4.77. The minimum atomic E-state index is -0.767. The van der Waals surface area contributed by atoms with E-state index in [2.05, 4.69) is 38.7 Å². The first-order chi connectivity index (χ1) is 14.2. The molecule has 0 radical (unpaired) electrons. The quantitative estimate of drug-likeness (QED) is 0.599. The molecule has 6 nitrogen and oxygen atoms in total. The number of rotatable bonds is 9. The Morgan fingerprint density at radius 2 is 2.03 bits per heavy atom. The first-order valence-electron chi connectivity index (χ1n) is 9.92. The number of carboxylic acid groups (broad SMARTS) is 1. The topological polar surface area (TPSA) is 67.6 Å². The van der Waals surface area contributed by atoms with E-state index in [1.54, 1.807) is 6.20 Å². The van der Waals surface area contributed by atoms with Crippen LogP contribution in [0.2, 0.25) is 0 Å². The summed E-state index contributed by atoms with van der Waals surface area (Å²) in [5.74, 6) is 0.415. The minimum absolute atomic E-state index is 0.139. The average Bonchev–Trinajstić information content (AvgIpc) is 3.37. The summed E-state index contributed by atoms with van der Waals surface area (Å²) in [6, 6.07) is 16.3. The molecule has 0 saturated heterocycles. The molecule has 0 amide bonds. The number of imidazole rings is 1. The second-order valence-corrected chi connectivity index (χ2v) is 7.37. The largest absolute Gasteiger partial charge is 0.489 e. The van der Waals surface area contributed by atoms with Crippen LogP contribution in [0, 0.1) is 0 Å². The number of carboxylic acids is 1. The van der Waals surface area contributed by atoms with Crippen LogP contribution in [-0.2, 0) is 17.9 Å². The predicted molar refractivity (Wildman–Crippen MR) is 111 cm³/mol. The van der Waals surface area contributed by atoms with E-state index >= 15 is 0 Å². The van der Waals surface area contributed by atoms with E-state index in [1.807, 2.05) is 36.8 Å². The predicted octanol–water partition coefficient (Wildman–Crippen LogP) is 3.93. The third-order valence-electron chi connectivity index (χ3n) is 5.36. The van der Waals surface area contributed by atoms with Crippen molar-refractivity contribution in [2.75, 3.05) is 18.0 Å². The Morgan fingerprint density at radius 1 is 1.17 bits per heavy atom. The van der Waals surface area contributed by atoms with Crippen LogP contribution < -0.4 is 9.64 Å². The lowest BCUT2D eigenvalue weighted by Crippen LogP contribution is -2.25. The van der Waals surface area contributed by atoms with Gasteiger partial charge in [-0.3, -0.25) is 4.79 Å². The smallest absolute Gasteiger partial charge is 0.305 e. The van der Waals surface area contributed by atoms with Gasteiger partial charge in [0.05, 0.1) is 12.7 Å². The van der Waals surface area contributed by atoms with Gasteiger partial charge < -0.3 is 19.3 Å². The second kappa shape index (κ2) is 8.82. The van der Waals surface area contributed by atoms with Gasteiger partial charge in [-0.25, -0.2) is 4.98 Å². The monoisotopic (exact) mass is 391 g/mol. The average molecular weight is 391 g/mol. The highest BCUT2D eigenvalue weighted by Crippen LogP contribution is 2.40. The zero-order chi connectivity index (χ0) is 20.1. The summed E-state index contributed by atoms with van der Waals surface area (Å²) in [7, 11) is 0. The van der Waals surface area contributed by atoms with Gasteiger partial charge in [0.1, 0.15) is 12.4 Å². The summed E-state index contributed by atoms with van der Waals surface area (Å²) in [4.78, 5) is 17.3. The van der Waals surface area contributed by atoms with Gasteiger partial charge in [0.2, 0.25) is 0 Å². The van der Waals surface area contributed by atoms with Crippen molar-refractivity contribution in [3.05, 3.63) is 78.4 Å². The van der Waals surface area contributed by atoms with Crippen molar-refractivity contribution in [2.24, 2.45) is 0 Å². The van der Waals surface area contributed by atoms with Crippen LogP contribution in [0.15, 0.2) is 67.3 Å². The van der Waals surface area contributed by atoms with Crippen LogP contribution in [0.3, 0.4) is 0 Å². The maximum atomic E-state index is 11.0. The molecule has 0 aliphatic carbocycles. The van der Waals surface area contributed by atoms with E-state index in [-0.39, 0.29) is 6.42 Å². The highest BCUT2D eigenvalue weighted by Gasteiger charge is 2.29. The Bertz CT molecular complexity index is 941. The van der Waals surface area contributed by atoms with Crippen LogP contribution in [0.25, 0.3) is 0 Å². The Hall–Kier alpha value is -3.28. The normalized spacial score (nSPS) is 15.3. The lowest BCUT2D eigenvalue weighted by Gasteiger charge is -2.19. The number of anilines is 1. The molecule has 0 fully saturated rings. The van der Waals surface area contributed by atoms with Crippen molar-refractivity contribution >= 4 is 11.7 Å². The summed E-state index contributed by atoms with van der Waals surface area (Å²) in [5, 5.41) is 9.08. The minimum Gasteiger partial charge on any atom is -0.489 e. The number of nitrogens with zero attached hydrogens (tertiary/aromatic N) is 3. The number of aromatic nitrogens is 2. The molecule has 3 aromatic rings. The number of benzene rings is 2. The van der Waals surface area contributed by atoms with E-state index in [9.17, 15) is 4.79 Å². The maximum Gasteiger partial charge on any atom is 0.305 e. The van der Waals surface area contributed by atoms with Crippen LogP contribution in [0.4, 0.5) is 5.69 Å². The first-order valence-corrected chi connectivity index (χ1v) is 9.92. The molecule has 1 aliphatic heterocycles. The van der Waals surface area contributed by atoms with Crippen LogP contribution in [-0.4, -0.2) is 33.7 Å². The molecule has 1 aliphatic rings. The van der Waals surface area contributed by atoms with Crippen molar-refractivity contribution in [2.45, 2.75) is 31.9 Å². The number of aryl methyl sites for hydroxylation is 1. The molecule has 0 saturated carbocycles. The molecule has 0 spiro atoms. The molecule has 4 rings (SSSR count). The van der Waals surface area contributed by atoms with Gasteiger partial charge in [0, 0.05) is 43.6 Å². The summed E-state index contributed by atoms with van der Waals surface area (Å²) in [6.07, 6.45) is 6.70. The Balaban J connectivity index is 1.49. The highest BCUT2D eigenvalue weighted by atomic mass is 16.5. The third-order valence-corrected chi connectivity index (χ3v) is 5.36. The zero-order valence-electron chi connectivity index (χ0n) is 16.3. The van der Waals surface area contributed by atoms with Crippen molar-refractivity contribution in [1.82, 2.24) is 9.55 Å². The van der Waals surface area contributed by atoms with Crippen LogP contribution in [0.1, 0.15) is 29.9 Å². The summed E-state index contributed by atoms with van der Waals surface area (Å²) < 4.78 is 8.10. The van der Waals surface area contributed by atoms with E-state index in [0.29, 0.717) is 19.1 Å². The van der Waals surface area contributed by atoms with Crippen molar-refractivity contribution < 1.29 is 14.6 Å². The fourth-order valence-corrected chi connectivity index (χ4v) is 3.85. The lowest BCUT2D eigenvalue weighted by atomic mass is 9.97. The molecule has 6 heteroatoms. The Labute approximate surface area is 170 Å². The van der Waals surface area contributed by atoms with Gasteiger partial charge in [-0.2, -0.15) is 0 Å². The number of carbonyl (C=O) groups is 1. The molecule has 29 heavy (non-hydrogen) atoms. The standard InChI is InChI=1S/C23H25N3O3/c27-23(28)9-12-26-15-19(8-11-25-13-10-24-17-25)21-14-20(6-7-22(21)26)29-16-18-4-2-1-3-5-18/h1-7,10,13-14,17,19H,8-9,11-12,15-16H2,(H,27,28). The molecule has 2 heterocycles. The zero-order valence-corrected chi connectivity index (χ0v) is 16.3. The van der Waals surface area contributed by atoms with Gasteiger partial charge in [-0.05, 0) is 35.7 Å². The van der Waals surface area contributed by atoms with Gasteiger partial charge in [0.15, 0.2) is 0 Å².